The molecule has 0 rings (SSSR count). The van der Waals surface area contributed by atoms with E-state index in [0.717, 1.165) is 6.08 Å². The quantitative estimate of drug-likeness (QED) is 0.462. The molecule has 102 valence electrons. The normalized spacial score (nSPS) is 13.7. The average Bonchev–Trinajstić information content (AvgIpc) is 2.13. The van der Waals surface area contributed by atoms with Crippen LogP contribution in [0, 0.1) is 0 Å². The number of carboxylic acids is 1. The van der Waals surface area contributed by atoms with Crippen molar-refractivity contribution in [2.24, 2.45) is 0 Å². The van der Waals surface area contributed by atoms with Gasteiger partial charge in [0.05, 0.1) is 0 Å². The van der Waals surface area contributed by atoms with Gasteiger partial charge < -0.3 is 14.3 Å². The first-order valence-corrected chi connectivity index (χ1v) is 8.79. The van der Waals surface area contributed by atoms with Gasteiger partial charge in [0.1, 0.15) is 0 Å². The molecule has 0 saturated carbocycles. The SMILES string of the molecule is C/C(=C\C(=O)O)C(=O)OC(C)C(=O)O[Si](C)(C)C. The summed E-state index contributed by atoms with van der Waals surface area (Å²) in [5, 5.41) is 8.46. The molecule has 0 aliphatic heterocycles. The molecule has 0 heterocycles. The van der Waals surface area contributed by atoms with Gasteiger partial charge in [-0.05, 0) is 33.5 Å². The largest absolute Gasteiger partial charge is 0.517 e. The van der Waals surface area contributed by atoms with Gasteiger partial charge in [0, 0.05) is 11.6 Å². The number of rotatable bonds is 5. The lowest BCUT2D eigenvalue weighted by Crippen LogP contribution is -2.36. The fourth-order valence-electron chi connectivity index (χ4n) is 0.931. The van der Waals surface area contributed by atoms with Crippen LogP contribution >= 0.6 is 0 Å². The monoisotopic (exact) mass is 274 g/mol. The van der Waals surface area contributed by atoms with Gasteiger partial charge in [-0.1, -0.05) is 0 Å². The molecule has 0 aliphatic carbocycles. The molecule has 1 N–H and O–H groups in total. The molecule has 0 spiro atoms. The van der Waals surface area contributed by atoms with Crippen molar-refractivity contribution in [3.63, 3.8) is 0 Å². The van der Waals surface area contributed by atoms with E-state index < -0.39 is 32.3 Å². The molecule has 6 nitrogen and oxygen atoms in total. The Hall–Kier alpha value is -1.63. The molecule has 7 heteroatoms. The Morgan fingerprint density at radius 1 is 1.22 bits per heavy atom. The summed E-state index contributed by atoms with van der Waals surface area (Å²) in [7, 11) is -2.04. The Morgan fingerprint density at radius 3 is 2.11 bits per heavy atom. The number of ether oxygens (including phenoxy) is 1. The van der Waals surface area contributed by atoms with Crippen molar-refractivity contribution in [1.29, 1.82) is 0 Å². The number of aliphatic carboxylic acids is 1. The third-order valence-corrected chi connectivity index (χ3v) is 2.50. The number of carboxylic acid groups (broad SMARTS) is 1. The molecule has 0 aromatic carbocycles. The summed E-state index contributed by atoms with van der Waals surface area (Å²) in [5.41, 5.74) is -0.0878. The van der Waals surface area contributed by atoms with E-state index in [1.807, 2.05) is 19.6 Å². The van der Waals surface area contributed by atoms with Gasteiger partial charge in [-0.25, -0.2) is 14.4 Å². The molecule has 18 heavy (non-hydrogen) atoms. The van der Waals surface area contributed by atoms with E-state index in [2.05, 4.69) is 0 Å². The van der Waals surface area contributed by atoms with Gasteiger partial charge in [0.2, 0.25) is 8.32 Å². The first-order valence-electron chi connectivity index (χ1n) is 5.38. The number of carbonyl (C=O) groups is 3. The molecule has 1 atom stereocenters. The summed E-state index contributed by atoms with van der Waals surface area (Å²) in [6.45, 7) is 8.17. The molecule has 0 bridgehead atoms. The van der Waals surface area contributed by atoms with E-state index in [9.17, 15) is 14.4 Å². The van der Waals surface area contributed by atoms with E-state index in [1.165, 1.54) is 13.8 Å². The first-order chi connectivity index (χ1) is 8.03. The maximum Gasteiger partial charge on any atom is 0.334 e. The maximum absolute atomic E-state index is 11.5. The van der Waals surface area contributed by atoms with Gasteiger partial charge in [0.15, 0.2) is 6.10 Å². The molecule has 0 radical (unpaired) electrons. The highest BCUT2D eigenvalue weighted by molar-refractivity contribution is 6.71. The van der Waals surface area contributed by atoms with Crippen LogP contribution in [0.4, 0.5) is 0 Å². The highest BCUT2D eigenvalue weighted by atomic mass is 28.4. The third-order valence-electron chi connectivity index (χ3n) is 1.68. The number of carbonyl (C=O) groups excluding carboxylic acids is 2. The van der Waals surface area contributed by atoms with Crippen LogP contribution in [0.15, 0.2) is 11.6 Å². The van der Waals surface area contributed by atoms with Gasteiger partial charge in [0.25, 0.3) is 0 Å². The standard InChI is InChI=1S/C11H18O6Si/c1-7(6-9(12)13)10(14)16-8(2)11(15)17-18(3,4)5/h6,8H,1-5H3,(H,12,13)/b7-6+. The van der Waals surface area contributed by atoms with E-state index in [4.69, 9.17) is 14.3 Å². The summed E-state index contributed by atoms with van der Waals surface area (Å²) in [6.07, 6.45) is -0.333. The van der Waals surface area contributed by atoms with E-state index in [1.54, 1.807) is 0 Å². The summed E-state index contributed by atoms with van der Waals surface area (Å²) in [5.74, 6) is -2.72. The molecule has 0 aromatic rings. The Bertz CT molecular complexity index is 379. The molecule has 1 unspecified atom stereocenters. The lowest BCUT2D eigenvalue weighted by molar-refractivity contribution is -0.158. The molecular weight excluding hydrogens is 256 g/mol. The average molecular weight is 274 g/mol. The topological polar surface area (TPSA) is 89.9 Å². The van der Waals surface area contributed by atoms with Crippen molar-refractivity contribution < 1.29 is 28.7 Å². The maximum atomic E-state index is 11.5. The third kappa shape index (κ3) is 6.84. The molecule has 0 aliphatic rings. The molecule has 0 aromatic heterocycles. The van der Waals surface area contributed by atoms with E-state index in [0.29, 0.717) is 0 Å². The van der Waals surface area contributed by atoms with Crippen LogP contribution in [0.3, 0.4) is 0 Å². The van der Waals surface area contributed by atoms with Crippen LogP contribution in [0.2, 0.25) is 19.6 Å². The summed E-state index contributed by atoms with van der Waals surface area (Å²) >= 11 is 0. The highest BCUT2D eigenvalue weighted by Crippen LogP contribution is 2.08. The van der Waals surface area contributed by atoms with Crippen LogP contribution in [0.1, 0.15) is 13.8 Å². The van der Waals surface area contributed by atoms with Crippen molar-refractivity contribution >= 4 is 26.2 Å². The Morgan fingerprint density at radius 2 is 1.72 bits per heavy atom. The zero-order chi connectivity index (χ0) is 14.5. The number of hydrogen-bond donors (Lipinski definition) is 1. The van der Waals surface area contributed by atoms with Gasteiger partial charge in [-0.2, -0.15) is 0 Å². The highest BCUT2D eigenvalue weighted by Gasteiger charge is 2.26. The number of hydrogen-bond acceptors (Lipinski definition) is 5. The summed E-state index contributed by atoms with van der Waals surface area (Å²) in [6, 6.07) is 0. The molecule has 0 saturated heterocycles. The summed E-state index contributed by atoms with van der Waals surface area (Å²) in [4.78, 5) is 33.3. The van der Waals surface area contributed by atoms with Crippen LogP contribution in [-0.4, -0.2) is 37.4 Å². The second-order valence-electron chi connectivity index (χ2n) is 4.75. The lowest BCUT2D eigenvalue weighted by Gasteiger charge is -2.20. The first kappa shape index (κ1) is 16.4. The van der Waals surface area contributed by atoms with E-state index in [-0.39, 0.29) is 5.57 Å². The molecule has 0 amide bonds. The van der Waals surface area contributed by atoms with Crippen LogP contribution < -0.4 is 0 Å². The van der Waals surface area contributed by atoms with Gasteiger partial charge in [-0.3, -0.25) is 0 Å². The van der Waals surface area contributed by atoms with Crippen molar-refractivity contribution in [1.82, 2.24) is 0 Å². The van der Waals surface area contributed by atoms with Crippen LogP contribution in [0.5, 0.6) is 0 Å². The van der Waals surface area contributed by atoms with Crippen molar-refractivity contribution in [3.05, 3.63) is 11.6 Å². The molecular formula is C11H18O6Si. The van der Waals surface area contributed by atoms with Crippen LogP contribution in [0.25, 0.3) is 0 Å². The second-order valence-corrected chi connectivity index (χ2v) is 9.18. The fraction of sp³-hybridized carbons (Fsp3) is 0.545. The van der Waals surface area contributed by atoms with Crippen molar-refractivity contribution in [2.45, 2.75) is 39.6 Å². The Balaban J connectivity index is 4.49. The minimum absolute atomic E-state index is 0.0878. The minimum Gasteiger partial charge on any atom is -0.517 e. The van der Waals surface area contributed by atoms with Gasteiger partial charge >= 0.3 is 17.9 Å². The van der Waals surface area contributed by atoms with Crippen molar-refractivity contribution in [2.75, 3.05) is 0 Å². The predicted molar refractivity (Wildman–Crippen MR) is 66.4 cm³/mol. The lowest BCUT2D eigenvalue weighted by atomic mass is 10.3. The zero-order valence-electron chi connectivity index (χ0n) is 11.1. The second kappa shape index (κ2) is 6.34. The van der Waals surface area contributed by atoms with E-state index >= 15 is 0 Å². The Labute approximate surface area is 107 Å². The predicted octanol–water partition coefficient (Wildman–Crippen LogP) is 1.33. The van der Waals surface area contributed by atoms with Crippen LogP contribution in [-0.2, 0) is 23.5 Å². The van der Waals surface area contributed by atoms with Gasteiger partial charge in [-0.15, -0.1) is 0 Å². The number of esters is 1. The minimum atomic E-state index is -2.04. The molecule has 0 fully saturated rings. The summed E-state index contributed by atoms with van der Waals surface area (Å²) < 4.78 is 9.95. The Kier molecular flexibility index (Phi) is 5.76. The smallest absolute Gasteiger partial charge is 0.334 e. The van der Waals surface area contributed by atoms with Crippen molar-refractivity contribution in [3.8, 4) is 0 Å². The zero-order valence-corrected chi connectivity index (χ0v) is 12.1. The fourth-order valence-corrected chi connectivity index (χ4v) is 1.70.